The summed E-state index contributed by atoms with van der Waals surface area (Å²) in [6, 6.07) is 0. The van der Waals surface area contributed by atoms with Crippen LogP contribution in [0.3, 0.4) is 0 Å². The van der Waals surface area contributed by atoms with Crippen molar-refractivity contribution in [2.45, 2.75) is 65.4 Å². The molecule has 1 atom stereocenters. The first-order chi connectivity index (χ1) is 9.36. The molecule has 1 aromatic heterocycles. The Morgan fingerprint density at radius 2 is 1.95 bits per heavy atom. The maximum atomic E-state index is 10.4. The van der Waals surface area contributed by atoms with Crippen LogP contribution in [0.2, 0.25) is 0 Å². The number of hydrogen-bond acceptors (Lipinski definition) is 2. The Balaban J connectivity index is 1.76. The quantitative estimate of drug-likeness (QED) is 0.914. The fraction of sp³-hybridized carbons (Fsp3) is 0.824. The number of aliphatic hydroxyl groups is 1. The van der Waals surface area contributed by atoms with Crippen molar-refractivity contribution < 1.29 is 5.11 Å². The number of nitrogens with zero attached hydrogens (tertiary/aromatic N) is 2. The zero-order valence-electron chi connectivity index (χ0n) is 13.5. The third kappa shape index (κ3) is 4.08. The molecular formula is C17H30N2O. The van der Waals surface area contributed by atoms with Crippen molar-refractivity contribution in [2.75, 3.05) is 0 Å². The minimum Gasteiger partial charge on any atom is -0.393 e. The van der Waals surface area contributed by atoms with E-state index in [1.807, 2.05) is 24.1 Å². The van der Waals surface area contributed by atoms with Gasteiger partial charge in [0.25, 0.3) is 0 Å². The van der Waals surface area contributed by atoms with E-state index in [9.17, 15) is 5.11 Å². The number of hydrogen-bond donors (Lipinski definition) is 1. The van der Waals surface area contributed by atoms with Gasteiger partial charge in [-0.1, -0.05) is 20.8 Å². The zero-order valence-corrected chi connectivity index (χ0v) is 13.5. The summed E-state index contributed by atoms with van der Waals surface area (Å²) in [5, 5.41) is 14.6. The van der Waals surface area contributed by atoms with Gasteiger partial charge in [0.05, 0.1) is 12.3 Å². The third-order valence-corrected chi connectivity index (χ3v) is 5.03. The lowest BCUT2D eigenvalue weighted by atomic mass is 9.68. The van der Waals surface area contributed by atoms with Gasteiger partial charge in [0, 0.05) is 13.2 Å². The highest BCUT2D eigenvalue weighted by Gasteiger charge is 2.32. The molecule has 0 aromatic carbocycles. The highest BCUT2D eigenvalue weighted by atomic mass is 16.3. The molecule has 1 N–H and O–H groups in total. The summed E-state index contributed by atoms with van der Waals surface area (Å²) in [5.41, 5.74) is 1.65. The van der Waals surface area contributed by atoms with E-state index in [1.165, 1.54) is 31.2 Å². The number of rotatable bonds is 4. The molecule has 1 fully saturated rings. The fourth-order valence-corrected chi connectivity index (χ4v) is 3.52. The van der Waals surface area contributed by atoms with E-state index in [4.69, 9.17) is 0 Å². The fourth-order valence-electron chi connectivity index (χ4n) is 3.52. The lowest BCUT2D eigenvalue weighted by molar-refractivity contribution is 0.0484. The molecule has 20 heavy (non-hydrogen) atoms. The molecule has 0 spiro atoms. The second-order valence-electron chi connectivity index (χ2n) is 7.61. The summed E-state index contributed by atoms with van der Waals surface area (Å²) in [5.74, 6) is 1.33. The molecule has 1 aliphatic carbocycles. The van der Waals surface area contributed by atoms with Crippen LogP contribution in [0.1, 0.15) is 58.4 Å². The molecule has 0 saturated heterocycles. The molecular weight excluding hydrogens is 248 g/mol. The van der Waals surface area contributed by atoms with E-state index in [0.717, 1.165) is 18.8 Å². The molecule has 1 saturated carbocycles. The molecule has 0 radical (unpaired) electrons. The van der Waals surface area contributed by atoms with Crippen LogP contribution < -0.4 is 0 Å². The van der Waals surface area contributed by atoms with Crippen molar-refractivity contribution in [1.29, 1.82) is 0 Å². The highest BCUT2D eigenvalue weighted by molar-refractivity contribution is 5.03. The van der Waals surface area contributed by atoms with Gasteiger partial charge >= 0.3 is 0 Å². The average Bonchev–Trinajstić information content (AvgIpc) is 2.81. The van der Waals surface area contributed by atoms with Crippen LogP contribution in [0.25, 0.3) is 0 Å². The molecule has 114 valence electrons. The number of aromatic nitrogens is 2. The first kappa shape index (κ1) is 15.6. The highest BCUT2D eigenvalue weighted by Crippen LogP contribution is 2.41. The predicted molar refractivity (Wildman–Crippen MR) is 82.4 cm³/mol. The van der Waals surface area contributed by atoms with Gasteiger partial charge in [-0.3, -0.25) is 4.68 Å². The lowest BCUT2D eigenvalue weighted by Crippen LogP contribution is -2.31. The Bertz CT molecular complexity index is 411. The molecule has 1 unspecified atom stereocenters. The molecule has 2 rings (SSSR count). The van der Waals surface area contributed by atoms with E-state index in [0.29, 0.717) is 11.3 Å². The maximum Gasteiger partial charge on any atom is 0.0571 e. The van der Waals surface area contributed by atoms with Gasteiger partial charge in [-0.15, -0.1) is 0 Å². The van der Waals surface area contributed by atoms with Crippen LogP contribution in [0.15, 0.2) is 12.4 Å². The minimum absolute atomic E-state index is 0.142. The molecule has 1 aromatic rings. The van der Waals surface area contributed by atoms with Crippen LogP contribution in [-0.4, -0.2) is 21.0 Å². The molecule has 3 nitrogen and oxygen atoms in total. The lowest BCUT2D eigenvalue weighted by Gasteiger charge is -2.38. The second-order valence-corrected chi connectivity index (χ2v) is 7.61. The maximum absolute atomic E-state index is 10.4. The van der Waals surface area contributed by atoms with E-state index in [1.54, 1.807) is 0 Å². The first-order valence-electron chi connectivity index (χ1n) is 8.02. The Morgan fingerprint density at radius 3 is 2.45 bits per heavy atom. The van der Waals surface area contributed by atoms with Gasteiger partial charge in [-0.25, -0.2) is 0 Å². The van der Waals surface area contributed by atoms with Crippen LogP contribution >= 0.6 is 0 Å². The molecule has 0 amide bonds. The van der Waals surface area contributed by atoms with Gasteiger partial charge in [0.15, 0.2) is 0 Å². The van der Waals surface area contributed by atoms with Crippen LogP contribution in [0.4, 0.5) is 0 Å². The van der Waals surface area contributed by atoms with Crippen molar-refractivity contribution in [2.24, 2.45) is 24.3 Å². The summed E-state index contributed by atoms with van der Waals surface area (Å²) < 4.78 is 1.83. The Hall–Kier alpha value is -0.830. The number of aryl methyl sites for hydroxylation is 2. The molecule has 1 aliphatic rings. The molecule has 3 heteroatoms. The zero-order chi connectivity index (χ0) is 14.8. The van der Waals surface area contributed by atoms with Crippen molar-refractivity contribution in [3.05, 3.63) is 18.0 Å². The molecule has 0 aliphatic heterocycles. The predicted octanol–water partition coefficient (Wildman–Crippen LogP) is 3.57. The van der Waals surface area contributed by atoms with Gasteiger partial charge < -0.3 is 5.11 Å². The minimum atomic E-state index is -0.142. The number of aliphatic hydroxyl groups excluding tert-OH is 1. The summed E-state index contributed by atoms with van der Waals surface area (Å²) in [4.78, 5) is 0. The average molecular weight is 278 g/mol. The Kier molecular flexibility index (Phi) is 4.90. The normalized spacial score (nSPS) is 25.6. The Labute approximate surface area is 123 Å². The van der Waals surface area contributed by atoms with E-state index >= 15 is 0 Å². The standard InChI is InChI=1S/C17H30N2O/c1-17(2,3)15-8-6-14(7-9-15)16(20)10-5-13-11-18-19(4)12-13/h11-12,14-16,20H,5-10H2,1-4H3. The second kappa shape index (κ2) is 6.30. The van der Waals surface area contributed by atoms with Gasteiger partial charge in [0.1, 0.15) is 0 Å². The van der Waals surface area contributed by atoms with Crippen LogP contribution in [-0.2, 0) is 13.5 Å². The smallest absolute Gasteiger partial charge is 0.0571 e. The van der Waals surface area contributed by atoms with Gasteiger partial charge in [-0.2, -0.15) is 5.10 Å². The van der Waals surface area contributed by atoms with Crippen LogP contribution in [0, 0.1) is 17.3 Å². The summed E-state index contributed by atoms with van der Waals surface area (Å²) in [6.07, 6.45) is 10.6. The van der Waals surface area contributed by atoms with Gasteiger partial charge in [0.2, 0.25) is 0 Å². The monoisotopic (exact) mass is 278 g/mol. The summed E-state index contributed by atoms with van der Waals surface area (Å²) >= 11 is 0. The summed E-state index contributed by atoms with van der Waals surface area (Å²) in [7, 11) is 1.94. The molecule has 0 bridgehead atoms. The first-order valence-corrected chi connectivity index (χ1v) is 8.02. The molecule has 1 heterocycles. The van der Waals surface area contributed by atoms with E-state index in [-0.39, 0.29) is 6.10 Å². The van der Waals surface area contributed by atoms with Gasteiger partial charge in [-0.05, 0) is 61.3 Å². The van der Waals surface area contributed by atoms with Crippen LogP contribution in [0.5, 0.6) is 0 Å². The van der Waals surface area contributed by atoms with Crippen molar-refractivity contribution >= 4 is 0 Å². The van der Waals surface area contributed by atoms with E-state index < -0.39 is 0 Å². The Morgan fingerprint density at radius 1 is 1.30 bits per heavy atom. The van der Waals surface area contributed by atoms with Crippen molar-refractivity contribution in [3.8, 4) is 0 Å². The largest absolute Gasteiger partial charge is 0.393 e. The SMILES string of the molecule is Cn1cc(CCC(O)C2CCC(C(C)(C)C)CC2)cn1. The van der Waals surface area contributed by atoms with Crippen molar-refractivity contribution in [3.63, 3.8) is 0 Å². The summed E-state index contributed by atoms with van der Waals surface area (Å²) in [6.45, 7) is 7.03. The van der Waals surface area contributed by atoms with Crippen molar-refractivity contribution in [1.82, 2.24) is 9.78 Å². The topological polar surface area (TPSA) is 38.0 Å². The van der Waals surface area contributed by atoms with E-state index in [2.05, 4.69) is 25.9 Å². The third-order valence-electron chi connectivity index (χ3n) is 5.03.